The number of carboxylic acids is 2. The Kier molecular flexibility index (Phi) is 8.42. The number of rotatable bonds is 6. The zero-order chi connectivity index (χ0) is 16.5. The van der Waals surface area contributed by atoms with E-state index in [-0.39, 0.29) is 11.8 Å². The van der Waals surface area contributed by atoms with Gasteiger partial charge in [0.25, 0.3) is 0 Å². The highest BCUT2D eigenvalue weighted by Gasteiger charge is 2.30. The predicted molar refractivity (Wildman–Crippen MR) is 80.7 cm³/mol. The summed E-state index contributed by atoms with van der Waals surface area (Å²) in [6.45, 7) is 1.42. The summed E-state index contributed by atoms with van der Waals surface area (Å²) < 4.78 is 9.92. The average Bonchev–Trinajstić information content (AvgIpc) is 3.09. The van der Waals surface area contributed by atoms with Gasteiger partial charge in [0.2, 0.25) is 0 Å². The molecule has 0 amide bonds. The lowest BCUT2D eigenvalue weighted by atomic mass is 10.1. The molecule has 2 saturated carbocycles. The Morgan fingerprint density at radius 1 is 0.818 bits per heavy atom. The van der Waals surface area contributed by atoms with Crippen molar-refractivity contribution in [3.63, 3.8) is 0 Å². The molecule has 0 bridgehead atoms. The van der Waals surface area contributed by atoms with E-state index < -0.39 is 11.9 Å². The number of carboxylic acid groups (broad SMARTS) is 2. The Balaban J connectivity index is 0.000000220. The van der Waals surface area contributed by atoms with Crippen molar-refractivity contribution < 1.29 is 29.3 Å². The lowest BCUT2D eigenvalue weighted by Gasteiger charge is -2.06. The molecule has 0 aliphatic heterocycles. The Labute approximate surface area is 131 Å². The number of hydrogen-bond donors (Lipinski definition) is 2. The van der Waals surface area contributed by atoms with E-state index in [0.29, 0.717) is 25.0 Å². The van der Waals surface area contributed by atoms with E-state index in [9.17, 15) is 9.59 Å². The highest BCUT2D eigenvalue weighted by Crippen LogP contribution is 2.31. The largest absolute Gasteiger partial charge is 0.481 e. The highest BCUT2D eigenvalue weighted by atomic mass is 16.5. The third kappa shape index (κ3) is 6.32. The van der Waals surface area contributed by atoms with Crippen LogP contribution in [0.15, 0.2) is 0 Å². The maximum atomic E-state index is 10.5. The van der Waals surface area contributed by atoms with E-state index >= 15 is 0 Å². The lowest BCUT2D eigenvalue weighted by Crippen LogP contribution is -2.11. The molecule has 128 valence electrons. The second-order valence-corrected chi connectivity index (χ2v) is 6.34. The van der Waals surface area contributed by atoms with Crippen LogP contribution in [0.3, 0.4) is 0 Å². The molecule has 6 heteroatoms. The molecule has 2 fully saturated rings. The molecule has 2 rings (SSSR count). The van der Waals surface area contributed by atoms with Crippen molar-refractivity contribution in [2.75, 3.05) is 27.4 Å². The van der Waals surface area contributed by atoms with Gasteiger partial charge in [0.15, 0.2) is 0 Å². The van der Waals surface area contributed by atoms with Crippen LogP contribution >= 0.6 is 0 Å². The number of hydrogen-bond acceptors (Lipinski definition) is 4. The number of ether oxygens (including phenoxy) is 2. The van der Waals surface area contributed by atoms with Crippen LogP contribution in [0.25, 0.3) is 0 Å². The molecule has 0 spiro atoms. The zero-order valence-corrected chi connectivity index (χ0v) is 13.5. The van der Waals surface area contributed by atoms with Crippen LogP contribution in [0.4, 0.5) is 0 Å². The molecule has 0 heterocycles. The third-order valence-electron chi connectivity index (χ3n) is 4.59. The molecule has 0 aromatic heterocycles. The van der Waals surface area contributed by atoms with Gasteiger partial charge < -0.3 is 19.7 Å². The minimum absolute atomic E-state index is 0.116. The summed E-state index contributed by atoms with van der Waals surface area (Å²) >= 11 is 0. The van der Waals surface area contributed by atoms with Gasteiger partial charge >= 0.3 is 11.9 Å². The summed E-state index contributed by atoms with van der Waals surface area (Å²) in [6, 6.07) is 0. The summed E-state index contributed by atoms with van der Waals surface area (Å²) in [4.78, 5) is 21.0. The van der Waals surface area contributed by atoms with Gasteiger partial charge in [0, 0.05) is 27.4 Å². The van der Waals surface area contributed by atoms with Crippen molar-refractivity contribution in [3.05, 3.63) is 0 Å². The Morgan fingerprint density at radius 2 is 1.18 bits per heavy atom. The normalized spacial score (nSPS) is 30.6. The summed E-state index contributed by atoms with van der Waals surface area (Å²) in [7, 11) is 3.32. The van der Waals surface area contributed by atoms with Gasteiger partial charge in [-0.3, -0.25) is 9.59 Å². The second kappa shape index (κ2) is 9.79. The second-order valence-electron chi connectivity index (χ2n) is 6.34. The van der Waals surface area contributed by atoms with E-state index in [1.165, 1.54) is 0 Å². The summed E-state index contributed by atoms with van der Waals surface area (Å²) in [6.07, 6.45) is 5.24. The van der Waals surface area contributed by atoms with Crippen LogP contribution in [0, 0.1) is 23.7 Å². The first-order valence-electron chi connectivity index (χ1n) is 7.91. The molecule has 0 radical (unpaired) electrons. The smallest absolute Gasteiger partial charge is 0.306 e. The minimum atomic E-state index is -0.649. The Morgan fingerprint density at radius 3 is 1.41 bits per heavy atom. The third-order valence-corrected chi connectivity index (χ3v) is 4.59. The van der Waals surface area contributed by atoms with E-state index in [2.05, 4.69) is 0 Å². The molecule has 0 saturated heterocycles. The van der Waals surface area contributed by atoms with E-state index in [1.54, 1.807) is 14.2 Å². The molecule has 2 aliphatic carbocycles. The van der Waals surface area contributed by atoms with Crippen LogP contribution in [0.2, 0.25) is 0 Å². The van der Waals surface area contributed by atoms with Crippen molar-refractivity contribution in [2.45, 2.75) is 38.5 Å². The first kappa shape index (κ1) is 18.9. The van der Waals surface area contributed by atoms with Crippen LogP contribution in [-0.4, -0.2) is 49.6 Å². The summed E-state index contributed by atoms with van der Waals surface area (Å²) in [5.74, 6) is -0.584. The maximum absolute atomic E-state index is 10.5. The fourth-order valence-corrected chi connectivity index (χ4v) is 3.37. The lowest BCUT2D eigenvalue weighted by molar-refractivity contribution is -0.142. The van der Waals surface area contributed by atoms with Gasteiger partial charge in [0.1, 0.15) is 0 Å². The quantitative estimate of drug-likeness (QED) is 0.781. The maximum Gasteiger partial charge on any atom is 0.306 e. The Hall–Kier alpha value is -1.14. The van der Waals surface area contributed by atoms with Gasteiger partial charge in [-0.2, -0.15) is 0 Å². The fourth-order valence-electron chi connectivity index (χ4n) is 3.37. The fraction of sp³-hybridized carbons (Fsp3) is 0.875. The average molecular weight is 316 g/mol. The van der Waals surface area contributed by atoms with Crippen LogP contribution < -0.4 is 0 Å². The van der Waals surface area contributed by atoms with Gasteiger partial charge in [-0.05, 0) is 50.4 Å². The Bertz CT molecular complexity index is 323. The first-order chi connectivity index (χ1) is 10.5. The van der Waals surface area contributed by atoms with E-state index in [4.69, 9.17) is 19.7 Å². The van der Waals surface area contributed by atoms with E-state index in [1.807, 2.05) is 0 Å². The topological polar surface area (TPSA) is 93.1 Å². The zero-order valence-electron chi connectivity index (χ0n) is 13.5. The monoisotopic (exact) mass is 316 g/mol. The molecule has 0 aromatic carbocycles. The minimum Gasteiger partial charge on any atom is -0.481 e. The molecule has 4 atom stereocenters. The standard InChI is InChI=1S/2C8H14O3/c2*1-11-5-6-2-3-7(4-6)8(9)10/h2*6-7H,2-5H2,1H3,(H,9,10)/t2*6-,7+/m10/s1. The van der Waals surface area contributed by atoms with Gasteiger partial charge in [-0.15, -0.1) is 0 Å². The molecule has 0 unspecified atom stereocenters. The summed E-state index contributed by atoms with van der Waals surface area (Å²) in [5.41, 5.74) is 0. The SMILES string of the molecule is COC[C@@H]1CC[C@H](C(=O)O)C1.COC[C@H]1CC[C@@H](C(=O)O)C1. The molecule has 6 nitrogen and oxygen atoms in total. The van der Waals surface area contributed by atoms with Crippen LogP contribution in [0.1, 0.15) is 38.5 Å². The molecule has 2 N–H and O–H groups in total. The van der Waals surface area contributed by atoms with Gasteiger partial charge in [-0.25, -0.2) is 0 Å². The molecule has 22 heavy (non-hydrogen) atoms. The van der Waals surface area contributed by atoms with Crippen molar-refractivity contribution in [1.29, 1.82) is 0 Å². The predicted octanol–water partition coefficient (Wildman–Crippen LogP) is 2.27. The van der Waals surface area contributed by atoms with Gasteiger partial charge in [0.05, 0.1) is 11.8 Å². The van der Waals surface area contributed by atoms with E-state index in [0.717, 1.165) is 38.5 Å². The molecular formula is C16H28O6. The molecule has 2 aliphatic rings. The van der Waals surface area contributed by atoms with Crippen LogP contribution in [0.5, 0.6) is 0 Å². The van der Waals surface area contributed by atoms with Crippen molar-refractivity contribution in [3.8, 4) is 0 Å². The van der Waals surface area contributed by atoms with Crippen LogP contribution in [-0.2, 0) is 19.1 Å². The van der Waals surface area contributed by atoms with Crippen molar-refractivity contribution in [2.24, 2.45) is 23.7 Å². The highest BCUT2D eigenvalue weighted by molar-refractivity contribution is 5.70. The number of aliphatic carboxylic acids is 2. The van der Waals surface area contributed by atoms with Crippen molar-refractivity contribution >= 4 is 11.9 Å². The van der Waals surface area contributed by atoms with Crippen molar-refractivity contribution in [1.82, 2.24) is 0 Å². The first-order valence-corrected chi connectivity index (χ1v) is 7.91. The van der Waals surface area contributed by atoms with Gasteiger partial charge in [-0.1, -0.05) is 0 Å². The summed E-state index contributed by atoms with van der Waals surface area (Å²) in [5, 5.41) is 17.3. The number of methoxy groups -OCH3 is 2. The number of carbonyl (C=O) groups is 2. The molecule has 0 aromatic rings. The molecular weight excluding hydrogens is 288 g/mol.